The molecule has 0 radical (unpaired) electrons. The van der Waals surface area contributed by atoms with Gasteiger partial charge in [0.05, 0.1) is 18.3 Å². The second-order valence-electron chi connectivity index (χ2n) is 8.97. The average Bonchev–Trinajstić information content (AvgIpc) is 3.45. The molecule has 0 bridgehead atoms. The molecule has 174 valence electrons. The molecule has 2 heterocycles. The number of amides is 1. The van der Waals surface area contributed by atoms with Gasteiger partial charge in [-0.1, -0.05) is 19.9 Å². The van der Waals surface area contributed by atoms with E-state index >= 15 is 0 Å². The number of aryl methyl sites for hydroxylation is 1. The first-order valence-corrected chi connectivity index (χ1v) is 12.4. The lowest BCUT2D eigenvalue weighted by Gasteiger charge is -2.20. The van der Waals surface area contributed by atoms with E-state index in [4.69, 9.17) is 4.74 Å². The minimum Gasteiger partial charge on any atom is -0.495 e. The van der Waals surface area contributed by atoms with E-state index in [2.05, 4.69) is 28.7 Å². The van der Waals surface area contributed by atoms with Gasteiger partial charge in [0.1, 0.15) is 16.3 Å². The molecule has 0 saturated heterocycles. The number of fused-ring (bicyclic) bond motifs is 2. The van der Waals surface area contributed by atoms with Crippen molar-refractivity contribution in [3.8, 4) is 11.4 Å². The lowest BCUT2D eigenvalue weighted by Crippen LogP contribution is -2.31. The highest BCUT2D eigenvalue weighted by Crippen LogP contribution is 2.42. The van der Waals surface area contributed by atoms with Gasteiger partial charge in [0.2, 0.25) is 0 Å². The summed E-state index contributed by atoms with van der Waals surface area (Å²) in [6, 6.07) is 13.9. The summed E-state index contributed by atoms with van der Waals surface area (Å²) in [5, 5.41) is 5.03. The Bertz CT molecular complexity index is 1530. The van der Waals surface area contributed by atoms with Crippen LogP contribution in [0.1, 0.15) is 41.9 Å². The largest absolute Gasteiger partial charge is 0.495 e. The maximum Gasteiger partial charge on any atom is 0.283 e. The number of nitrogens with one attached hydrogen (secondary N) is 1. The number of carbonyl (C=O) groups excluding carboxylic acids is 1. The number of ether oxygens (including phenoxy) is 1. The van der Waals surface area contributed by atoms with E-state index in [0.29, 0.717) is 5.52 Å². The molecule has 8 nitrogen and oxygen atoms in total. The molecule has 0 unspecified atom stereocenters. The number of pyridine rings is 1. The van der Waals surface area contributed by atoms with Crippen LogP contribution in [0, 0.1) is 0 Å². The molecule has 1 aliphatic carbocycles. The van der Waals surface area contributed by atoms with Gasteiger partial charge in [-0.05, 0) is 71.8 Å². The van der Waals surface area contributed by atoms with Crippen molar-refractivity contribution in [2.45, 2.75) is 37.0 Å². The molecule has 4 aromatic rings. The number of sulfonamides is 1. The van der Waals surface area contributed by atoms with Crippen LogP contribution in [-0.2, 0) is 21.9 Å². The van der Waals surface area contributed by atoms with Gasteiger partial charge in [0, 0.05) is 17.8 Å². The van der Waals surface area contributed by atoms with E-state index in [1.807, 2.05) is 24.4 Å². The van der Waals surface area contributed by atoms with Crippen molar-refractivity contribution < 1.29 is 17.9 Å². The summed E-state index contributed by atoms with van der Waals surface area (Å²) in [5.74, 6) is -0.597. The molecule has 2 aromatic carbocycles. The predicted molar refractivity (Wildman–Crippen MR) is 128 cm³/mol. The monoisotopic (exact) mass is 476 g/mol. The lowest BCUT2D eigenvalue weighted by atomic mass is 9.87. The average molecular weight is 477 g/mol. The van der Waals surface area contributed by atoms with Crippen molar-refractivity contribution in [1.29, 1.82) is 0 Å². The van der Waals surface area contributed by atoms with Crippen molar-refractivity contribution >= 4 is 26.8 Å². The third-order valence-electron chi connectivity index (χ3n) is 6.35. The Morgan fingerprint density at radius 1 is 1.15 bits per heavy atom. The van der Waals surface area contributed by atoms with Gasteiger partial charge in [-0.25, -0.2) is 22.8 Å². The van der Waals surface area contributed by atoms with Crippen LogP contribution >= 0.6 is 0 Å². The van der Waals surface area contributed by atoms with E-state index in [9.17, 15) is 13.2 Å². The molecule has 5 rings (SSSR count). The number of rotatable bonds is 5. The van der Waals surface area contributed by atoms with E-state index < -0.39 is 15.9 Å². The summed E-state index contributed by atoms with van der Waals surface area (Å²) in [4.78, 5) is 17.3. The minimum atomic E-state index is -4.20. The summed E-state index contributed by atoms with van der Waals surface area (Å²) in [5.41, 5.74) is 3.22. The SMILES string of the molecule is COc1cc2c(cc1S(=O)(=O)NC(=O)c1ccc3c(-n4cccn4)cccc3n1)C(C)(C)CC2. The molecule has 0 aliphatic heterocycles. The number of hydrogen-bond donors (Lipinski definition) is 1. The molecule has 1 N–H and O–H groups in total. The zero-order valence-electron chi connectivity index (χ0n) is 19.1. The van der Waals surface area contributed by atoms with Gasteiger partial charge in [-0.2, -0.15) is 5.10 Å². The highest BCUT2D eigenvalue weighted by Gasteiger charge is 2.34. The number of carbonyl (C=O) groups is 1. The van der Waals surface area contributed by atoms with E-state index in [1.165, 1.54) is 13.2 Å². The van der Waals surface area contributed by atoms with Crippen LogP contribution in [0.15, 0.2) is 65.8 Å². The molecule has 34 heavy (non-hydrogen) atoms. The summed E-state index contributed by atoms with van der Waals surface area (Å²) < 4.78 is 35.7. The first-order valence-electron chi connectivity index (χ1n) is 10.9. The van der Waals surface area contributed by atoms with Crippen molar-refractivity contribution in [1.82, 2.24) is 19.5 Å². The molecular formula is C25H24N4O4S. The molecule has 0 fully saturated rings. The second-order valence-corrected chi connectivity index (χ2v) is 10.6. The first kappa shape index (κ1) is 22.1. The van der Waals surface area contributed by atoms with Gasteiger partial charge < -0.3 is 4.74 Å². The Morgan fingerprint density at radius 3 is 2.71 bits per heavy atom. The maximum atomic E-state index is 13.2. The second kappa shape index (κ2) is 7.95. The van der Waals surface area contributed by atoms with Crippen LogP contribution in [0.25, 0.3) is 16.6 Å². The van der Waals surface area contributed by atoms with E-state index in [1.54, 1.807) is 35.1 Å². The van der Waals surface area contributed by atoms with Crippen molar-refractivity contribution in [2.24, 2.45) is 0 Å². The summed E-state index contributed by atoms with van der Waals surface area (Å²) in [6.07, 6.45) is 5.26. The standard InChI is InChI=1S/C25H24N4O4S/c1-25(2)11-10-16-14-22(33-3)23(15-18(16)25)34(31,32)28-24(30)20-9-8-17-19(27-20)6-4-7-21(17)29-13-5-12-26-29/h4-9,12-15H,10-11H2,1-3H3,(H,28,30). The third kappa shape index (κ3) is 3.71. The van der Waals surface area contributed by atoms with Crippen molar-refractivity contribution in [3.05, 3.63) is 77.7 Å². The normalized spacial score (nSPS) is 14.7. The van der Waals surface area contributed by atoms with Gasteiger partial charge in [-0.15, -0.1) is 0 Å². The fourth-order valence-corrected chi connectivity index (χ4v) is 5.63. The fraction of sp³-hybridized carbons (Fsp3) is 0.240. The van der Waals surface area contributed by atoms with Crippen LogP contribution in [0.5, 0.6) is 5.75 Å². The summed E-state index contributed by atoms with van der Waals surface area (Å²) in [6.45, 7) is 4.16. The van der Waals surface area contributed by atoms with E-state index in [-0.39, 0.29) is 21.8 Å². The Balaban J connectivity index is 1.49. The van der Waals surface area contributed by atoms with Gasteiger partial charge >= 0.3 is 0 Å². The number of benzene rings is 2. The minimum absolute atomic E-state index is 0.00542. The van der Waals surface area contributed by atoms with Crippen LogP contribution in [0.3, 0.4) is 0 Å². The number of methoxy groups -OCH3 is 1. The molecule has 0 atom stereocenters. The van der Waals surface area contributed by atoms with Gasteiger partial charge in [0.25, 0.3) is 15.9 Å². The van der Waals surface area contributed by atoms with E-state index in [0.717, 1.165) is 35.0 Å². The van der Waals surface area contributed by atoms with Crippen molar-refractivity contribution in [2.75, 3.05) is 7.11 Å². The fourth-order valence-electron chi connectivity index (χ4n) is 4.50. The van der Waals surface area contributed by atoms with Crippen LogP contribution < -0.4 is 9.46 Å². The Kier molecular flexibility index (Phi) is 5.16. The number of aromatic nitrogens is 3. The maximum absolute atomic E-state index is 13.2. The lowest BCUT2D eigenvalue weighted by molar-refractivity contribution is 0.0977. The van der Waals surface area contributed by atoms with Gasteiger partial charge in [-0.3, -0.25) is 4.79 Å². The molecule has 0 saturated carbocycles. The molecule has 9 heteroatoms. The Labute approximate surface area is 197 Å². The molecule has 0 spiro atoms. The van der Waals surface area contributed by atoms with Crippen LogP contribution in [0.4, 0.5) is 0 Å². The predicted octanol–water partition coefficient (Wildman–Crippen LogP) is 3.77. The molecular weight excluding hydrogens is 452 g/mol. The Hall–Kier alpha value is -3.72. The number of hydrogen-bond acceptors (Lipinski definition) is 6. The smallest absolute Gasteiger partial charge is 0.283 e. The zero-order valence-corrected chi connectivity index (χ0v) is 19.9. The summed E-state index contributed by atoms with van der Waals surface area (Å²) in [7, 11) is -2.78. The van der Waals surface area contributed by atoms with Crippen LogP contribution in [-0.4, -0.2) is 36.2 Å². The highest BCUT2D eigenvalue weighted by atomic mass is 32.2. The molecule has 2 aromatic heterocycles. The zero-order chi connectivity index (χ0) is 24.1. The highest BCUT2D eigenvalue weighted by molar-refractivity contribution is 7.90. The van der Waals surface area contributed by atoms with Gasteiger partial charge in [0.15, 0.2) is 0 Å². The number of nitrogens with zero attached hydrogens (tertiary/aromatic N) is 3. The Morgan fingerprint density at radius 2 is 1.97 bits per heavy atom. The first-order chi connectivity index (χ1) is 16.2. The quantitative estimate of drug-likeness (QED) is 0.470. The molecule has 1 amide bonds. The van der Waals surface area contributed by atoms with Crippen molar-refractivity contribution in [3.63, 3.8) is 0 Å². The molecule has 1 aliphatic rings. The topological polar surface area (TPSA) is 103 Å². The van der Waals surface area contributed by atoms with Crippen LogP contribution in [0.2, 0.25) is 0 Å². The third-order valence-corrected chi connectivity index (χ3v) is 7.70. The summed E-state index contributed by atoms with van der Waals surface area (Å²) >= 11 is 0.